The average Bonchev–Trinajstić information content (AvgIpc) is 2.81. The van der Waals surface area contributed by atoms with Gasteiger partial charge in [0.25, 0.3) is 5.91 Å². The number of ether oxygens (including phenoxy) is 2. The van der Waals surface area contributed by atoms with Gasteiger partial charge < -0.3 is 14.8 Å². The number of carbonyl (C=O) groups is 2. The summed E-state index contributed by atoms with van der Waals surface area (Å²) < 4.78 is 49.1. The van der Waals surface area contributed by atoms with Gasteiger partial charge in [-0.1, -0.05) is 0 Å². The van der Waals surface area contributed by atoms with Crippen LogP contribution < -0.4 is 19.7 Å². The summed E-state index contributed by atoms with van der Waals surface area (Å²) >= 11 is 0. The molecule has 1 N–H and O–H groups in total. The largest absolute Gasteiger partial charge is 0.496 e. The molecule has 0 atom stereocenters. The van der Waals surface area contributed by atoms with Gasteiger partial charge in [-0.25, -0.2) is 14.7 Å². The van der Waals surface area contributed by atoms with Crippen LogP contribution in [0.4, 0.5) is 23.7 Å². The fraction of sp³-hybridized carbons (Fsp3) is 0.278. The van der Waals surface area contributed by atoms with Crippen LogP contribution in [-0.4, -0.2) is 29.6 Å². The quantitative estimate of drug-likeness (QED) is 0.798. The van der Waals surface area contributed by atoms with Crippen LogP contribution in [0.25, 0.3) is 0 Å². The Hall–Kier alpha value is -3.30. The summed E-state index contributed by atoms with van der Waals surface area (Å²) in [5, 5.41) is 2.55. The van der Waals surface area contributed by atoms with Crippen molar-refractivity contribution >= 4 is 17.6 Å². The number of benzene rings is 1. The van der Waals surface area contributed by atoms with Crippen LogP contribution in [0.2, 0.25) is 0 Å². The average molecular weight is 395 g/mol. The number of aromatic nitrogens is 1. The molecule has 1 aliphatic rings. The predicted octanol–water partition coefficient (Wildman–Crippen LogP) is 3.74. The van der Waals surface area contributed by atoms with Crippen molar-refractivity contribution in [3.8, 4) is 17.4 Å². The van der Waals surface area contributed by atoms with Crippen molar-refractivity contribution in [1.29, 1.82) is 0 Å². The normalized spacial score (nSPS) is 16.1. The van der Waals surface area contributed by atoms with Crippen LogP contribution in [0.1, 0.15) is 19.4 Å². The number of amides is 3. The van der Waals surface area contributed by atoms with Crippen LogP contribution >= 0.6 is 0 Å². The SMILES string of the molecule is COc1cc(Oc2cc(N3C(=O)NC(C)(C)C3=O)ccn2)ccc1C(F)(F)F. The second kappa shape index (κ2) is 6.70. The third-order valence-electron chi connectivity index (χ3n) is 4.04. The van der Waals surface area contributed by atoms with Crippen molar-refractivity contribution in [2.45, 2.75) is 25.6 Å². The molecule has 7 nitrogen and oxygen atoms in total. The lowest BCUT2D eigenvalue weighted by molar-refractivity contribution is -0.138. The third kappa shape index (κ3) is 3.57. The Morgan fingerprint density at radius 3 is 2.43 bits per heavy atom. The van der Waals surface area contributed by atoms with E-state index in [1.807, 2.05) is 0 Å². The molecule has 0 aliphatic carbocycles. The molecule has 28 heavy (non-hydrogen) atoms. The molecule has 1 aromatic carbocycles. The van der Waals surface area contributed by atoms with Crippen molar-refractivity contribution in [2.24, 2.45) is 0 Å². The minimum Gasteiger partial charge on any atom is -0.496 e. The van der Waals surface area contributed by atoms with Gasteiger partial charge in [0.2, 0.25) is 5.88 Å². The minimum absolute atomic E-state index is 0.00961. The van der Waals surface area contributed by atoms with E-state index >= 15 is 0 Å². The number of rotatable bonds is 4. The van der Waals surface area contributed by atoms with Gasteiger partial charge >= 0.3 is 12.2 Å². The first-order valence-electron chi connectivity index (χ1n) is 8.09. The summed E-state index contributed by atoms with van der Waals surface area (Å²) in [6.45, 7) is 3.14. The molecule has 2 heterocycles. The van der Waals surface area contributed by atoms with Crippen LogP contribution in [0.15, 0.2) is 36.5 Å². The topological polar surface area (TPSA) is 80.8 Å². The Kier molecular flexibility index (Phi) is 4.66. The maximum atomic E-state index is 12.9. The van der Waals surface area contributed by atoms with E-state index in [-0.39, 0.29) is 17.3 Å². The monoisotopic (exact) mass is 395 g/mol. The number of hydrogen-bond donors (Lipinski definition) is 1. The number of nitrogens with zero attached hydrogens (tertiary/aromatic N) is 2. The van der Waals surface area contributed by atoms with Crippen molar-refractivity contribution in [2.75, 3.05) is 12.0 Å². The molecule has 1 aliphatic heterocycles. The number of carbonyl (C=O) groups excluding carboxylic acids is 2. The predicted molar refractivity (Wildman–Crippen MR) is 92.4 cm³/mol. The Labute approximate surface area is 158 Å². The highest BCUT2D eigenvalue weighted by Crippen LogP contribution is 2.39. The van der Waals surface area contributed by atoms with E-state index in [4.69, 9.17) is 9.47 Å². The fourth-order valence-corrected chi connectivity index (χ4v) is 2.67. The van der Waals surface area contributed by atoms with E-state index in [0.29, 0.717) is 0 Å². The van der Waals surface area contributed by atoms with Gasteiger partial charge in [0.15, 0.2) is 0 Å². The van der Waals surface area contributed by atoms with Crippen LogP contribution in [-0.2, 0) is 11.0 Å². The lowest BCUT2D eigenvalue weighted by Gasteiger charge is -2.16. The van der Waals surface area contributed by atoms with Crippen molar-refractivity contribution in [3.05, 3.63) is 42.1 Å². The summed E-state index contributed by atoms with van der Waals surface area (Å²) in [6.07, 6.45) is -3.25. The molecule has 10 heteroatoms. The van der Waals surface area contributed by atoms with E-state index in [2.05, 4.69) is 10.3 Å². The van der Waals surface area contributed by atoms with Gasteiger partial charge in [0.05, 0.1) is 18.4 Å². The van der Waals surface area contributed by atoms with Gasteiger partial charge in [0.1, 0.15) is 17.0 Å². The first-order chi connectivity index (χ1) is 13.0. The first kappa shape index (κ1) is 19.5. The number of pyridine rings is 1. The van der Waals surface area contributed by atoms with E-state index in [1.54, 1.807) is 13.8 Å². The number of halogens is 3. The summed E-state index contributed by atoms with van der Waals surface area (Å²) in [6, 6.07) is 5.22. The lowest BCUT2D eigenvalue weighted by Crippen LogP contribution is -2.40. The highest BCUT2D eigenvalue weighted by Gasteiger charge is 2.45. The molecule has 0 saturated carbocycles. The maximum absolute atomic E-state index is 12.9. The highest BCUT2D eigenvalue weighted by atomic mass is 19.4. The molecule has 1 saturated heterocycles. The second-order valence-electron chi connectivity index (χ2n) is 6.51. The number of urea groups is 1. The molecule has 0 unspecified atom stereocenters. The second-order valence-corrected chi connectivity index (χ2v) is 6.51. The van der Waals surface area contributed by atoms with Gasteiger partial charge in [-0.15, -0.1) is 0 Å². The highest BCUT2D eigenvalue weighted by molar-refractivity contribution is 6.23. The maximum Gasteiger partial charge on any atom is 0.419 e. The molecule has 3 rings (SSSR count). The summed E-state index contributed by atoms with van der Waals surface area (Å²) in [5.41, 5.74) is -1.77. The zero-order chi connectivity index (χ0) is 20.7. The van der Waals surface area contributed by atoms with Crippen molar-refractivity contribution < 1.29 is 32.2 Å². The van der Waals surface area contributed by atoms with Crippen molar-refractivity contribution in [1.82, 2.24) is 10.3 Å². The molecule has 1 fully saturated rings. The van der Waals surface area contributed by atoms with E-state index in [9.17, 15) is 22.8 Å². The van der Waals surface area contributed by atoms with Crippen molar-refractivity contribution in [3.63, 3.8) is 0 Å². The minimum atomic E-state index is -4.57. The summed E-state index contributed by atoms with van der Waals surface area (Å²) in [7, 11) is 1.12. The number of nitrogens with one attached hydrogen (secondary N) is 1. The molecular weight excluding hydrogens is 379 g/mol. The number of hydrogen-bond acceptors (Lipinski definition) is 5. The lowest BCUT2D eigenvalue weighted by atomic mass is 10.1. The Morgan fingerprint density at radius 2 is 1.86 bits per heavy atom. The molecule has 148 valence electrons. The molecule has 3 amide bonds. The Balaban J connectivity index is 1.88. The fourth-order valence-electron chi connectivity index (χ4n) is 2.67. The number of anilines is 1. The van der Waals surface area contributed by atoms with E-state index in [1.165, 1.54) is 18.3 Å². The van der Waals surface area contributed by atoms with Crippen LogP contribution in [0, 0.1) is 0 Å². The third-order valence-corrected chi connectivity index (χ3v) is 4.04. The molecule has 0 bridgehead atoms. The van der Waals surface area contributed by atoms with Crippen LogP contribution in [0.5, 0.6) is 17.4 Å². The van der Waals surface area contributed by atoms with Gasteiger partial charge in [-0.05, 0) is 32.0 Å². The first-order valence-corrected chi connectivity index (χ1v) is 8.09. The van der Waals surface area contributed by atoms with Gasteiger partial charge in [-0.3, -0.25) is 4.79 Å². The molecule has 0 radical (unpaired) electrons. The van der Waals surface area contributed by atoms with Crippen LogP contribution in [0.3, 0.4) is 0 Å². The Morgan fingerprint density at radius 1 is 1.14 bits per heavy atom. The smallest absolute Gasteiger partial charge is 0.419 e. The van der Waals surface area contributed by atoms with E-state index in [0.717, 1.165) is 30.2 Å². The number of methoxy groups -OCH3 is 1. The molecule has 2 aromatic rings. The molecule has 1 aromatic heterocycles. The Bertz CT molecular complexity index is 944. The summed E-state index contributed by atoms with van der Waals surface area (Å²) in [4.78, 5) is 29.4. The molecular formula is C18H16F3N3O4. The number of imide groups is 1. The standard InChI is InChI=1S/C18H16F3N3O4/c1-17(2)15(25)24(16(26)23-17)10-6-7-22-14(8-10)28-11-4-5-12(18(19,20)21)13(9-11)27-3/h4-9H,1-3H3,(H,23,26). The number of alkyl halides is 3. The van der Waals surface area contributed by atoms with E-state index < -0.39 is 35.0 Å². The van der Waals surface area contributed by atoms with Gasteiger partial charge in [-0.2, -0.15) is 13.2 Å². The van der Waals surface area contributed by atoms with Gasteiger partial charge in [0, 0.05) is 18.3 Å². The summed E-state index contributed by atoms with van der Waals surface area (Å²) in [5.74, 6) is -0.820. The molecule has 0 spiro atoms. The zero-order valence-electron chi connectivity index (χ0n) is 15.1. The zero-order valence-corrected chi connectivity index (χ0v) is 15.1.